The SMILES string of the molecule is O=C(CCCNCc1ccc(C(F)(F)F)cc1)N1CCc2nc(SC3CCC3)n(-c3ccccc3)c(=O)c2C1. The lowest BCUT2D eigenvalue weighted by Gasteiger charge is -2.30. The summed E-state index contributed by atoms with van der Waals surface area (Å²) in [6.45, 7) is 1.76. The molecule has 1 aliphatic heterocycles. The molecule has 0 atom stereocenters. The molecule has 1 aromatic heterocycles. The van der Waals surface area contributed by atoms with E-state index < -0.39 is 11.7 Å². The molecular formula is C29H31F3N4O2S. The minimum atomic E-state index is -4.34. The number of carbonyl (C=O) groups is 1. The van der Waals surface area contributed by atoms with E-state index in [1.165, 1.54) is 18.6 Å². The van der Waals surface area contributed by atoms with E-state index in [2.05, 4.69) is 5.32 Å². The Morgan fingerprint density at radius 2 is 1.82 bits per heavy atom. The Morgan fingerprint density at radius 1 is 1.08 bits per heavy atom. The van der Waals surface area contributed by atoms with Crippen molar-refractivity contribution >= 4 is 17.7 Å². The summed E-state index contributed by atoms with van der Waals surface area (Å²) < 4.78 is 39.8. The van der Waals surface area contributed by atoms with Gasteiger partial charge in [-0.1, -0.05) is 48.5 Å². The van der Waals surface area contributed by atoms with Gasteiger partial charge in [-0.15, -0.1) is 0 Å². The van der Waals surface area contributed by atoms with E-state index in [0.29, 0.717) is 49.7 Å². The molecule has 2 heterocycles. The van der Waals surface area contributed by atoms with Crippen molar-refractivity contribution in [2.24, 2.45) is 0 Å². The standard InChI is InChI=1S/C29H31F3N4O2S/c30-29(31,32)21-13-11-20(12-14-21)18-33-16-5-10-26(37)35-17-15-25-24(19-35)27(38)36(22-6-2-1-3-7-22)28(34-25)39-23-8-4-9-23/h1-3,6-7,11-14,23,33H,4-5,8-10,15-19H2. The fourth-order valence-corrected chi connectivity index (χ4v) is 6.08. The lowest BCUT2D eigenvalue weighted by molar-refractivity contribution is -0.137. The number of carbonyl (C=O) groups excluding carboxylic acids is 1. The van der Waals surface area contributed by atoms with Gasteiger partial charge in [0.2, 0.25) is 5.91 Å². The van der Waals surface area contributed by atoms with Crippen LogP contribution in [-0.2, 0) is 30.5 Å². The molecule has 206 valence electrons. The molecule has 1 saturated carbocycles. The first-order valence-electron chi connectivity index (χ1n) is 13.3. The number of hydrogen-bond acceptors (Lipinski definition) is 5. The summed E-state index contributed by atoms with van der Waals surface area (Å²) >= 11 is 1.68. The van der Waals surface area contributed by atoms with Crippen LogP contribution < -0.4 is 10.9 Å². The van der Waals surface area contributed by atoms with E-state index in [0.717, 1.165) is 47.1 Å². The highest BCUT2D eigenvalue weighted by molar-refractivity contribution is 7.99. The predicted octanol–water partition coefficient (Wildman–Crippen LogP) is 5.35. The summed E-state index contributed by atoms with van der Waals surface area (Å²) in [7, 11) is 0. The zero-order valence-electron chi connectivity index (χ0n) is 21.5. The first-order valence-corrected chi connectivity index (χ1v) is 14.2. The molecule has 1 amide bonds. The van der Waals surface area contributed by atoms with Gasteiger partial charge >= 0.3 is 6.18 Å². The van der Waals surface area contributed by atoms with Crippen LogP contribution in [0.15, 0.2) is 64.5 Å². The van der Waals surface area contributed by atoms with Crippen molar-refractivity contribution < 1.29 is 18.0 Å². The third kappa shape index (κ3) is 6.55. The van der Waals surface area contributed by atoms with Crippen molar-refractivity contribution in [2.45, 2.75) is 68.2 Å². The molecule has 10 heteroatoms. The van der Waals surface area contributed by atoms with E-state index in [1.807, 2.05) is 30.3 Å². The van der Waals surface area contributed by atoms with Crippen LogP contribution >= 0.6 is 11.8 Å². The Bertz CT molecular complexity index is 1360. The lowest BCUT2D eigenvalue weighted by atomic mass is 10.0. The monoisotopic (exact) mass is 556 g/mol. The summed E-state index contributed by atoms with van der Waals surface area (Å²) in [5.74, 6) is -0.0180. The zero-order chi connectivity index (χ0) is 27.4. The molecule has 0 radical (unpaired) electrons. The highest BCUT2D eigenvalue weighted by Crippen LogP contribution is 2.36. The molecule has 1 N–H and O–H groups in total. The molecule has 39 heavy (non-hydrogen) atoms. The Morgan fingerprint density at radius 3 is 2.49 bits per heavy atom. The number of nitrogens with one attached hydrogen (secondary N) is 1. The molecule has 3 aromatic rings. The molecular weight excluding hydrogens is 525 g/mol. The van der Waals surface area contributed by atoms with Gasteiger partial charge in [0.25, 0.3) is 5.56 Å². The van der Waals surface area contributed by atoms with Gasteiger partial charge in [-0.3, -0.25) is 14.2 Å². The van der Waals surface area contributed by atoms with Crippen molar-refractivity contribution in [1.82, 2.24) is 19.8 Å². The molecule has 0 spiro atoms. The summed E-state index contributed by atoms with van der Waals surface area (Å²) in [4.78, 5) is 33.3. The van der Waals surface area contributed by atoms with Crippen LogP contribution in [0.3, 0.4) is 0 Å². The number of para-hydroxylation sites is 1. The van der Waals surface area contributed by atoms with E-state index in [1.54, 1.807) is 21.2 Å². The van der Waals surface area contributed by atoms with Gasteiger partial charge in [0.05, 0.1) is 29.1 Å². The maximum atomic E-state index is 13.7. The molecule has 0 bridgehead atoms. The predicted molar refractivity (Wildman–Crippen MR) is 145 cm³/mol. The van der Waals surface area contributed by atoms with Crippen LogP contribution in [-0.4, -0.2) is 38.7 Å². The van der Waals surface area contributed by atoms with Gasteiger partial charge in [-0.05, 0) is 55.6 Å². The van der Waals surface area contributed by atoms with Crippen molar-refractivity contribution in [1.29, 1.82) is 0 Å². The third-order valence-corrected chi connectivity index (χ3v) is 8.53. The number of thioether (sulfide) groups is 1. The van der Waals surface area contributed by atoms with Gasteiger partial charge in [0.15, 0.2) is 5.16 Å². The number of rotatable bonds is 9. The minimum absolute atomic E-state index is 0.0180. The van der Waals surface area contributed by atoms with E-state index in [-0.39, 0.29) is 18.0 Å². The second-order valence-electron chi connectivity index (χ2n) is 10.0. The first kappa shape index (κ1) is 27.5. The Hall–Kier alpha value is -3.11. The van der Waals surface area contributed by atoms with Crippen LogP contribution in [0.5, 0.6) is 0 Å². The summed E-state index contributed by atoms with van der Waals surface area (Å²) in [6, 6.07) is 14.6. The molecule has 0 saturated heterocycles. The molecule has 2 aliphatic rings. The second kappa shape index (κ2) is 12.0. The molecule has 1 fully saturated rings. The number of nitrogens with zero attached hydrogens (tertiary/aromatic N) is 3. The highest BCUT2D eigenvalue weighted by atomic mass is 32.2. The smallest absolute Gasteiger partial charge is 0.338 e. The second-order valence-corrected chi connectivity index (χ2v) is 11.3. The highest BCUT2D eigenvalue weighted by Gasteiger charge is 2.30. The zero-order valence-corrected chi connectivity index (χ0v) is 22.4. The topological polar surface area (TPSA) is 67.2 Å². The number of hydrogen-bond donors (Lipinski definition) is 1. The number of fused-ring (bicyclic) bond motifs is 1. The minimum Gasteiger partial charge on any atom is -0.338 e. The van der Waals surface area contributed by atoms with Gasteiger partial charge in [0, 0.05) is 31.2 Å². The van der Waals surface area contributed by atoms with E-state index in [9.17, 15) is 22.8 Å². The average Bonchev–Trinajstić information content (AvgIpc) is 2.90. The fourth-order valence-electron chi connectivity index (χ4n) is 4.76. The van der Waals surface area contributed by atoms with E-state index >= 15 is 0 Å². The number of amides is 1. The number of benzene rings is 2. The Kier molecular flexibility index (Phi) is 8.42. The van der Waals surface area contributed by atoms with Crippen molar-refractivity contribution in [3.63, 3.8) is 0 Å². The third-order valence-electron chi connectivity index (χ3n) is 7.24. The van der Waals surface area contributed by atoms with Gasteiger partial charge in [0.1, 0.15) is 0 Å². The van der Waals surface area contributed by atoms with Crippen molar-refractivity contribution in [3.8, 4) is 5.69 Å². The lowest BCUT2D eigenvalue weighted by Crippen LogP contribution is -2.41. The normalized spacial score (nSPS) is 15.6. The maximum absolute atomic E-state index is 13.7. The molecule has 5 rings (SSSR count). The van der Waals surface area contributed by atoms with Gasteiger partial charge in [-0.2, -0.15) is 13.2 Å². The summed E-state index contributed by atoms with van der Waals surface area (Å²) in [5, 5.41) is 4.40. The molecule has 1 aliphatic carbocycles. The number of alkyl halides is 3. The number of halogens is 3. The van der Waals surface area contributed by atoms with Crippen LogP contribution in [0.25, 0.3) is 5.69 Å². The van der Waals surface area contributed by atoms with Crippen LogP contribution in [0.2, 0.25) is 0 Å². The summed E-state index contributed by atoms with van der Waals surface area (Å²) in [6.07, 6.45) is 0.596. The number of aromatic nitrogens is 2. The van der Waals surface area contributed by atoms with Crippen LogP contribution in [0, 0.1) is 0 Å². The van der Waals surface area contributed by atoms with E-state index in [4.69, 9.17) is 4.98 Å². The Balaban J connectivity index is 1.18. The van der Waals surface area contributed by atoms with Gasteiger partial charge in [-0.25, -0.2) is 4.98 Å². The molecule has 2 aromatic carbocycles. The van der Waals surface area contributed by atoms with Crippen LogP contribution in [0.1, 0.15) is 54.5 Å². The van der Waals surface area contributed by atoms with Crippen molar-refractivity contribution in [3.05, 3.63) is 87.3 Å². The molecule has 0 unspecified atom stereocenters. The largest absolute Gasteiger partial charge is 0.416 e. The maximum Gasteiger partial charge on any atom is 0.416 e. The van der Waals surface area contributed by atoms with Crippen LogP contribution in [0.4, 0.5) is 13.2 Å². The summed E-state index contributed by atoms with van der Waals surface area (Å²) in [5.41, 5.74) is 2.12. The Labute approximate surface area is 229 Å². The van der Waals surface area contributed by atoms with Crippen molar-refractivity contribution in [2.75, 3.05) is 13.1 Å². The molecule has 6 nitrogen and oxygen atoms in total. The quantitative estimate of drug-likeness (QED) is 0.284. The fraction of sp³-hybridized carbons (Fsp3) is 0.414. The average molecular weight is 557 g/mol. The van der Waals surface area contributed by atoms with Gasteiger partial charge < -0.3 is 10.2 Å². The first-order chi connectivity index (χ1) is 18.8.